The van der Waals surface area contributed by atoms with Crippen molar-refractivity contribution >= 4 is 40.6 Å². The normalized spacial score (nSPS) is 14.2. The van der Waals surface area contributed by atoms with E-state index in [0.29, 0.717) is 46.0 Å². The molecule has 0 bridgehead atoms. The maximum absolute atomic E-state index is 13.7. The average Bonchev–Trinajstić information content (AvgIpc) is 3.82. The number of hydrazone groups is 1. The molecule has 14 heteroatoms. The Labute approximate surface area is 263 Å². The molecule has 0 radical (unpaired) electrons. The second-order valence-corrected chi connectivity index (χ2v) is 11.5. The summed E-state index contributed by atoms with van der Waals surface area (Å²) in [6, 6.07) is 14.2. The van der Waals surface area contributed by atoms with Crippen LogP contribution in [0.5, 0.6) is 23.0 Å². The second kappa shape index (κ2) is 13.8. The molecule has 230 valence electrons. The summed E-state index contributed by atoms with van der Waals surface area (Å²) in [6.07, 6.45) is 0.536. The Morgan fingerprint density at radius 2 is 1.77 bits per heavy atom. The molecular formula is C30H32N6O6S2. The molecule has 44 heavy (non-hydrogen) atoms. The SMILES string of the molecule is COc1ccc(C(=O)NCc2nnc(SCC(=O)N3N=C(c4cccs4)C[C@H]3c3cccc(OC)c3OC)n2C)cc1OC. The van der Waals surface area contributed by atoms with E-state index in [1.54, 1.807) is 55.4 Å². The Balaban J connectivity index is 1.28. The molecule has 1 atom stereocenters. The van der Waals surface area contributed by atoms with Crippen LogP contribution in [0.3, 0.4) is 0 Å². The Kier molecular flexibility index (Phi) is 9.70. The fourth-order valence-corrected chi connectivity index (χ4v) is 6.31. The molecule has 2 aromatic heterocycles. The quantitative estimate of drug-likeness (QED) is 0.226. The number of thiophene rings is 1. The number of nitrogens with one attached hydrogen (secondary N) is 1. The maximum atomic E-state index is 13.7. The van der Waals surface area contributed by atoms with Crippen LogP contribution < -0.4 is 24.3 Å². The number of ether oxygens (including phenoxy) is 4. The van der Waals surface area contributed by atoms with Gasteiger partial charge in [0.2, 0.25) is 0 Å². The first-order chi connectivity index (χ1) is 21.4. The van der Waals surface area contributed by atoms with Crippen molar-refractivity contribution in [3.8, 4) is 23.0 Å². The van der Waals surface area contributed by atoms with Gasteiger partial charge in [0.25, 0.3) is 11.8 Å². The molecule has 12 nitrogen and oxygen atoms in total. The Hall–Kier alpha value is -4.56. The summed E-state index contributed by atoms with van der Waals surface area (Å²) in [7, 11) is 8.00. The number of aromatic nitrogens is 3. The number of para-hydroxylation sites is 1. The summed E-state index contributed by atoms with van der Waals surface area (Å²) < 4.78 is 23.5. The highest BCUT2D eigenvalue weighted by atomic mass is 32.2. The molecule has 2 aromatic carbocycles. The van der Waals surface area contributed by atoms with E-state index in [1.807, 2.05) is 35.7 Å². The van der Waals surface area contributed by atoms with E-state index in [2.05, 4.69) is 15.5 Å². The van der Waals surface area contributed by atoms with Crippen LogP contribution in [-0.2, 0) is 18.4 Å². The van der Waals surface area contributed by atoms with Gasteiger partial charge in [0.1, 0.15) is 0 Å². The number of hydrogen-bond acceptors (Lipinski definition) is 11. The van der Waals surface area contributed by atoms with Crippen LogP contribution in [-0.4, -0.2) is 71.5 Å². The second-order valence-electron chi connectivity index (χ2n) is 9.56. The first-order valence-electron chi connectivity index (χ1n) is 13.5. The summed E-state index contributed by atoms with van der Waals surface area (Å²) >= 11 is 2.83. The minimum Gasteiger partial charge on any atom is -0.493 e. The first kappa shape index (κ1) is 30.9. The van der Waals surface area contributed by atoms with Gasteiger partial charge < -0.3 is 28.8 Å². The van der Waals surface area contributed by atoms with Crippen molar-refractivity contribution in [3.05, 3.63) is 75.7 Å². The third-order valence-corrected chi connectivity index (χ3v) is 8.99. The highest BCUT2D eigenvalue weighted by molar-refractivity contribution is 7.99. The average molecular weight is 637 g/mol. The van der Waals surface area contributed by atoms with Crippen molar-refractivity contribution in [2.75, 3.05) is 34.2 Å². The highest BCUT2D eigenvalue weighted by Gasteiger charge is 2.36. The van der Waals surface area contributed by atoms with Gasteiger partial charge in [-0.1, -0.05) is 30.0 Å². The van der Waals surface area contributed by atoms with Gasteiger partial charge in [-0.25, -0.2) is 5.01 Å². The summed E-state index contributed by atoms with van der Waals surface area (Å²) in [5, 5.41) is 20.1. The van der Waals surface area contributed by atoms with Crippen LogP contribution in [0.15, 0.2) is 64.2 Å². The van der Waals surface area contributed by atoms with E-state index >= 15 is 0 Å². The molecule has 1 aliphatic rings. The fourth-order valence-electron chi connectivity index (χ4n) is 4.80. The van der Waals surface area contributed by atoms with Gasteiger partial charge in [0.15, 0.2) is 34.0 Å². The van der Waals surface area contributed by atoms with Crippen LogP contribution in [0.4, 0.5) is 0 Å². The van der Waals surface area contributed by atoms with Gasteiger partial charge in [-0.05, 0) is 35.7 Å². The van der Waals surface area contributed by atoms with E-state index in [1.165, 1.54) is 31.0 Å². The number of nitrogens with zero attached hydrogens (tertiary/aromatic N) is 5. The summed E-state index contributed by atoms with van der Waals surface area (Å²) in [5.74, 6) is 2.26. The van der Waals surface area contributed by atoms with Gasteiger partial charge in [-0.2, -0.15) is 5.10 Å². The van der Waals surface area contributed by atoms with Gasteiger partial charge in [0, 0.05) is 24.6 Å². The van der Waals surface area contributed by atoms with Crippen LogP contribution in [0.1, 0.15) is 39.1 Å². The summed E-state index contributed by atoms with van der Waals surface area (Å²) in [6.45, 7) is 0.142. The third kappa shape index (κ3) is 6.36. The van der Waals surface area contributed by atoms with E-state index in [0.717, 1.165) is 16.2 Å². The molecule has 0 saturated heterocycles. The number of hydrogen-bond donors (Lipinski definition) is 1. The lowest BCUT2D eigenvalue weighted by Crippen LogP contribution is -2.29. The molecule has 0 aliphatic carbocycles. The zero-order valence-electron chi connectivity index (χ0n) is 24.9. The van der Waals surface area contributed by atoms with Crippen LogP contribution in [0, 0.1) is 0 Å². The molecule has 2 amide bonds. The van der Waals surface area contributed by atoms with E-state index in [-0.39, 0.29) is 30.2 Å². The van der Waals surface area contributed by atoms with E-state index in [4.69, 9.17) is 24.0 Å². The molecule has 0 unspecified atom stereocenters. The highest BCUT2D eigenvalue weighted by Crippen LogP contribution is 2.42. The minimum atomic E-state index is -0.368. The Bertz CT molecular complexity index is 1670. The lowest BCUT2D eigenvalue weighted by Gasteiger charge is -2.24. The smallest absolute Gasteiger partial charge is 0.253 e. The lowest BCUT2D eigenvalue weighted by molar-refractivity contribution is -0.130. The van der Waals surface area contributed by atoms with Crippen molar-refractivity contribution in [2.45, 2.75) is 24.2 Å². The Morgan fingerprint density at radius 3 is 2.48 bits per heavy atom. The topological polar surface area (TPSA) is 129 Å². The maximum Gasteiger partial charge on any atom is 0.253 e. The van der Waals surface area contributed by atoms with E-state index < -0.39 is 0 Å². The monoisotopic (exact) mass is 636 g/mol. The number of amides is 2. The van der Waals surface area contributed by atoms with E-state index in [9.17, 15) is 9.59 Å². The van der Waals surface area contributed by atoms with Crippen molar-refractivity contribution in [3.63, 3.8) is 0 Å². The molecule has 1 N–H and O–H groups in total. The molecular weight excluding hydrogens is 605 g/mol. The summed E-state index contributed by atoms with van der Waals surface area (Å²) in [5.41, 5.74) is 2.06. The number of thioether (sulfide) groups is 1. The van der Waals surface area contributed by atoms with Crippen molar-refractivity contribution in [2.24, 2.45) is 12.1 Å². The van der Waals surface area contributed by atoms with Gasteiger partial charge >= 0.3 is 0 Å². The lowest BCUT2D eigenvalue weighted by atomic mass is 9.99. The van der Waals surface area contributed by atoms with Crippen LogP contribution in [0.25, 0.3) is 0 Å². The zero-order chi connectivity index (χ0) is 31.2. The molecule has 0 spiro atoms. The Morgan fingerprint density at radius 1 is 0.977 bits per heavy atom. The molecule has 0 saturated carbocycles. The fraction of sp³-hybridized carbons (Fsp3) is 0.300. The van der Waals surface area contributed by atoms with Gasteiger partial charge in [-0.15, -0.1) is 21.5 Å². The largest absolute Gasteiger partial charge is 0.493 e. The number of rotatable bonds is 12. The van der Waals surface area contributed by atoms with Crippen molar-refractivity contribution < 1.29 is 28.5 Å². The third-order valence-electron chi connectivity index (χ3n) is 7.07. The molecule has 5 rings (SSSR count). The van der Waals surface area contributed by atoms with Crippen molar-refractivity contribution in [1.82, 2.24) is 25.1 Å². The minimum absolute atomic E-state index is 0.0774. The first-order valence-corrected chi connectivity index (χ1v) is 15.4. The summed E-state index contributed by atoms with van der Waals surface area (Å²) in [4.78, 5) is 27.4. The van der Waals surface area contributed by atoms with Gasteiger partial charge in [-0.3, -0.25) is 9.59 Å². The molecule has 0 fully saturated rings. The zero-order valence-corrected chi connectivity index (χ0v) is 26.5. The number of carbonyl (C=O) groups is 2. The van der Waals surface area contributed by atoms with Crippen molar-refractivity contribution in [1.29, 1.82) is 0 Å². The molecule has 3 heterocycles. The molecule has 1 aliphatic heterocycles. The number of carbonyl (C=O) groups excluding carboxylic acids is 2. The van der Waals surface area contributed by atoms with Crippen LogP contribution in [0.2, 0.25) is 0 Å². The predicted molar refractivity (Wildman–Crippen MR) is 167 cm³/mol. The number of benzene rings is 2. The number of methoxy groups -OCH3 is 4. The standard InChI is InChI=1S/C30H32N6O6S2/c1-35-26(16-31-29(38)18-11-12-22(39-2)24(14-18)41-4)32-33-30(35)44-17-27(37)36-21(15-20(34-36)25-10-7-13-43-25)19-8-6-9-23(40-3)28(19)42-5/h6-14,21H,15-17H2,1-5H3,(H,31,38)/t21-/m0/s1. The molecule has 4 aromatic rings. The van der Waals surface area contributed by atoms with Gasteiger partial charge in [0.05, 0.1) is 57.4 Å². The van der Waals surface area contributed by atoms with Crippen LogP contribution >= 0.6 is 23.1 Å². The predicted octanol–water partition coefficient (Wildman–Crippen LogP) is 4.31.